The van der Waals surface area contributed by atoms with E-state index in [9.17, 15) is 14.4 Å². The van der Waals surface area contributed by atoms with Crippen LogP contribution in [0.5, 0.6) is 11.5 Å². The van der Waals surface area contributed by atoms with Gasteiger partial charge in [0.05, 0.1) is 24.8 Å². The van der Waals surface area contributed by atoms with Gasteiger partial charge in [0.1, 0.15) is 0 Å². The van der Waals surface area contributed by atoms with Crippen LogP contribution in [0.25, 0.3) is 0 Å². The Morgan fingerprint density at radius 1 is 0.966 bits per heavy atom. The molecule has 2 rings (SSSR count). The molecule has 2 amide bonds. The number of carbonyl (C=O) groups is 3. The highest BCUT2D eigenvalue weighted by Gasteiger charge is 2.21. The van der Waals surface area contributed by atoms with Gasteiger partial charge in [0.15, 0.2) is 17.6 Å². The molecule has 8 nitrogen and oxygen atoms in total. The van der Waals surface area contributed by atoms with E-state index in [-0.39, 0.29) is 22.2 Å². The van der Waals surface area contributed by atoms with Crippen molar-refractivity contribution < 1.29 is 28.6 Å². The summed E-state index contributed by atoms with van der Waals surface area (Å²) in [6.07, 6.45) is -1.07. The number of esters is 1. The first kappa shape index (κ1) is 22.0. The van der Waals surface area contributed by atoms with Crippen LogP contribution < -0.4 is 20.1 Å². The molecule has 0 fully saturated rings. The van der Waals surface area contributed by atoms with Gasteiger partial charge < -0.3 is 24.8 Å². The monoisotopic (exact) mass is 420 g/mol. The number of anilines is 2. The fourth-order valence-corrected chi connectivity index (χ4v) is 2.69. The van der Waals surface area contributed by atoms with Crippen LogP contribution in [0.1, 0.15) is 24.2 Å². The maximum atomic E-state index is 12.4. The van der Waals surface area contributed by atoms with Crippen LogP contribution in [0.15, 0.2) is 36.4 Å². The lowest BCUT2D eigenvalue weighted by Crippen LogP contribution is -2.30. The maximum Gasteiger partial charge on any atom is 0.339 e. The number of carbonyl (C=O) groups excluding carboxylic acids is 3. The van der Waals surface area contributed by atoms with E-state index in [4.69, 9.17) is 25.8 Å². The summed E-state index contributed by atoms with van der Waals surface area (Å²) < 4.78 is 15.5. The number of ether oxygens (including phenoxy) is 3. The van der Waals surface area contributed by atoms with Crippen LogP contribution in [0.4, 0.5) is 11.4 Å². The van der Waals surface area contributed by atoms with Crippen molar-refractivity contribution in [1.82, 2.24) is 0 Å². The van der Waals surface area contributed by atoms with Gasteiger partial charge in [-0.2, -0.15) is 0 Å². The minimum Gasteiger partial charge on any atom is -0.493 e. The van der Waals surface area contributed by atoms with Crippen LogP contribution in [0.2, 0.25) is 5.02 Å². The molecule has 0 aliphatic rings. The molecule has 0 bridgehead atoms. The Hall–Kier alpha value is -3.26. The van der Waals surface area contributed by atoms with E-state index < -0.39 is 18.0 Å². The van der Waals surface area contributed by atoms with Gasteiger partial charge in [-0.15, -0.1) is 0 Å². The molecular formula is C20H21ClN2O6. The summed E-state index contributed by atoms with van der Waals surface area (Å²) >= 11 is 6.09. The first-order valence-corrected chi connectivity index (χ1v) is 8.94. The lowest BCUT2D eigenvalue weighted by molar-refractivity contribution is -0.123. The summed E-state index contributed by atoms with van der Waals surface area (Å²) in [6.45, 7) is 2.85. The van der Waals surface area contributed by atoms with Crippen LogP contribution >= 0.6 is 11.6 Å². The average Bonchev–Trinajstić information content (AvgIpc) is 2.68. The molecule has 154 valence electrons. The van der Waals surface area contributed by atoms with Gasteiger partial charge in [-0.3, -0.25) is 9.59 Å². The Morgan fingerprint density at radius 2 is 1.55 bits per heavy atom. The van der Waals surface area contributed by atoms with Crippen molar-refractivity contribution in [3.63, 3.8) is 0 Å². The van der Waals surface area contributed by atoms with Crippen LogP contribution in [0.3, 0.4) is 0 Å². The third-order valence-electron chi connectivity index (χ3n) is 3.80. The molecule has 2 aromatic rings. The zero-order valence-electron chi connectivity index (χ0n) is 16.4. The first-order valence-electron chi connectivity index (χ1n) is 8.56. The molecule has 0 unspecified atom stereocenters. The summed E-state index contributed by atoms with van der Waals surface area (Å²) in [6, 6.07) is 9.30. The minimum absolute atomic E-state index is 0.118. The number of nitrogens with one attached hydrogen (secondary N) is 2. The lowest BCUT2D eigenvalue weighted by Gasteiger charge is -2.15. The summed E-state index contributed by atoms with van der Waals surface area (Å²) in [5.41, 5.74) is 1.20. The van der Waals surface area contributed by atoms with E-state index in [2.05, 4.69) is 10.6 Å². The van der Waals surface area contributed by atoms with Gasteiger partial charge in [-0.05, 0) is 43.3 Å². The molecule has 0 saturated heterocycles. The molecule has 0 spiro atoms. The molecule has 0 aliphatic carbocycles. The minimum atomic E-state index is -1.07. The Bertz CT molecular complexity index is 914. The van der Waals surface area contributed by atoms with Crippen LogP contribution in [0, 0.1) is 0 Å². The van der Waals surface area contributed by atoms with Gasteiger partial charge in [0, 0.05) is 18.3 Å². The van der Waals surface area contributed by atoms with Gasteiger partial charge in [0.25, 0.3) is 5.91 Å². The van der Waals surface area contributed by atoms with Crippen LogP contribution in [-0.4, -0.2) is 38.1 Å². The average molecular weight is 421 g/mol. The SMILES string of the molecule is COc1cc(C(=O)O[C@H](C)C(=O)Nc2ccc(NC(C)=O)cc2)cc(Cl)c1OC. The largest absolute Gasteiger partial charge is 0.493 e. The number of halogens is 1. The highest BCUT2D eigenvalue weighted by molar-refractivity contribution is 6.32. The van der Waals surface area contributed by atoms with Gasteiger partial charge in [-0.25, -0.2) is 4.79 Å². The smallest absolute Gasteiger partial charge is 0.339 e. The normalized spacial score (nSPS) is 11.2. The van der Waals surface area contributed by atoms with Gasteiger partial charge in [0.2, 0.25) is 5.91 Å². The van der Waals surface area contributed by atoms with Crippen molar-refractivity contribution in [2.75, 3.05) is 24.9 Å². The molecule has 2 N–H and O–H groups in total. The fraction of sp³-hybridized carbons (Fsp3) is 0.250. The van der Waals surface area contributed by atoms with Crippen molar-refractivity contribution in [3.05, 3.63) is 47.0 Å². The highest BCUT2D eigenvalue weighted by Crippen LogP contribution is 2.36. The second-order valence-electron chi connectivity index (χ2n) is 5.99. The summed E-state index contributed by atoms with van der Waals surface area (Å²) in [7, 11) is 2.84. The van der Waals surface area contributed by atoms with E-state index in [1.807, 2.05) is 0 Å². The number of hydrogen-bond donors (Lipinski definition) is 2. The molecular weight excluding hydrogens is 400 g/mol. The number of benzene rings is 2. The van der Waals surface area contributed by atoms with Crippen molar-refractivity contribution >= 4 is 40.8 Å². The van der Waals surface area contributed by atoms with Gasteiger partial charge >= 0.3 is 5.97 Å². The fourth-order valence-electron chi connectivity index (χ4n) is 2.40. The number of rotatable bonds is 7. The predicted octanol–water partition coefficient (Wildman–Crippen LogP) is 3.50. The quantitative estimate of drug-likeness (QED) is 0.664. The first-order chi connectivity index (χ1) is 13.7. The topological polar surface area (TPSA) is 103 Å². The van der Waals surface area contributed by atoms with Crippen molar-refractivity contribution in [3.8, 4) is 11.5 Å². The Morgan fingerprint density at radius 3 is 2.07 bits per heavy atom. The summed E-state index contributed by atoms with van der Waals surface area (Å²) in [4.78, 5) is 35.7. The zero-order chi connectivity index (χ0) is 21.6. The van der Waals surface area contributed by atoms with E-state index in [1.165, 1.54) is 40.2 Å². The molecule has 9 heteroatoms. The Balaban J connectivity index is 2.03. The summed E-state index contributed by atoms with van der Waals surface area (Å²) in [5.74, 6) is -0.895. The van der Waals surface area contributed by atoms with Crippen molar-refractivity contribution in [2.45, 2.75) is 20.0 Å². The molecule has 0 radical (unpaired) electrons. The van der Waals surface area contributed by atoms with Crippen molar-refractivity contribution in [2.24, 2.45) is 0 Å². The molecule has 2 aromatic carbocycles. The third-order valence-corrected chi connectivity index (χ3v) is 4.08. The third kappa shape index (κ3) is 5.86. The highest BCUT2D eigenvalue weighted by atomic mass is 35.5. The van der Waals surface area contributed by atoms with Crippen molar-refractivity contribution in [1.29, 1.82) is 0 Å². The predicted molar refractivity (Wildman–Crippen MR) is 109 cm³/mol. The molecule has 0 aliphatic heterocycles. The lowest BCUT2D eigenvalue weighted by atomic mass is 10.2. The molecule has 0 saturated carbocycles. The molecule has 0 heterocycles. The number of amides is 2. The van der Waals surface area contributed by atoms with Gasteiger partial charge in [-0.1, -0.05) is 11.6 Å². The maximum absolute atomic E-state index is 12.4. The number of methoxy groups -OCH3 is 2. The van der Waals surface area contributed by atoms with E-state index in [1.54, 1.807) is 24.3 Å². The summed E-state index contributed by atoms with van der Waals surface area (Å²) in [5, 5.41) is 5.43. The molecule has 0 aromatic heterocycles. The standard InChI is InChI=1S/C20H21ClN2O6/c1-11(19(25)23-15-7-5-14(6-8-15)22-12(2)24)29-20(26)13-9-16(21)18(28-4)17(10-13)27-3/h5-11H,1-4H3,(H,22,24)(H,23,25)/t11-/m1/s1. The van der Waals surface area contributed by atoms with E-state index >= 15 is 0 Å². The molecule has 29 heavy (non-hydrogen) atoms. The van der Waals surface area contributed by atoms with Crippen LogP contribution in [-0.2, 0) is 14.3 Å². The Labute approximate surface area is 173 Å². The molecule has 1 atom stereocenters. The van der Waals surface area contributed by atoms with E-state index in [0.717, 1.165) is 0 Å². The second-order valence-corrected chi connectivity index (χ2v) is 6.40. The Kier molecular flexibility index (Phi) is 7.44. The number of hydrogen-bond acceptors (Lipinski definition) is 6. The van der Waals surface area contributed by atoms with E-state index in [0.29, 0.717) is 17.1 Å². The second kappa shape index (κ2) is 9.79. The zero-order valence-corrected chi connectivity index (χ0v) is 17.1.